The fourth-order valence-corrected chi connectivity index (χ4v) is 1.79. The first kappa shape index (κ1) is 14.3. The van der Waals surface area contributed by atoms with Crippen LogP contribution in [-0.4, -0.2) is 29.3 Å². The summed E-state index contributed by atoms with van der Waals surface area (Å²) in [6.07, 6.45) is 0. The van der Waals surface area contributed by atoms with E-state index in [1.54, 1.807) is 19.9 Å². The van der Waals surface area contributed by atoms with Crippen molar-refractivity contribution in [2.24, 2.45) is 5.73 Å². The Kier molecular flexibility index (Phi) is 4.55. The third-order valence-electron chi connectivity index (χ3n) is 2.43. The predicted molar refractivity (Wildman–Crippen MR) is 71.2 cm³/mol. The van der Waals surface area contributed by atoms with Gasteiger partial charge >= 0.3 is 0 Å². The molecule has 4 N–H and O–H groups in total. The lowest BCUT2D eigenvalue weighted by atomic mass is 10.1. The summed E-state index contributed by atoms with van der Waals surface area (Å²) in [6, 6.07) is 4.47. The molecule has 0 aromatic heterocycles. The number of nitrogens with two attached hydrogens (primary N) is 2. The second-order valence-electron chi connectivity index (χ2n) is 4.23. The van der Waals surface area contributed by atoms with Crippen LogP contribution in [0.4, 0.5) is 5.69 Å². The normalized spacial score (nSPS) is 10.4. The Morgan fingerprint density at radius 3 is 2.44 bits per heavy atom. The number of hydrogen-bond donors (Lipinski definition) is 2. The molecule has 0 heterocycles. The van der Waals surface area contributed by atoms with Crippen molar-refractivity contribution in [3.63, 3.8) is 0 Å². The number of anilines is 1. The smallest absolute Gasteiger partial charge is 0.256 e. The number of nitrogens with zero attached hydrogens (tertiary/aromatic N) is 1. The summed E-state index contributed by atoms with van der Waals surface area (Å²) in [5.41, 5.74) is 11.5. The Morgan fingerprint density at radius 1 is 1.39 bits per heavy atom. The number of benzene rings is 1. The number of rotatable bonds is 4. The van der Waals surface area contributed by atoms with E-state index in [2.05, 4.69) is 0 Å². The lowest BCUT2D eigenvalue weighted by Gasteiger charge is -2.25. The third-order valence-corrected chi connectivity index (χ3v) is 2.75. The molecule has 0 fully saturated rings. The van der Waals surface area contributed by atoms with Crippen LogP contribution in [0.5, 0.6) is 0 Å². The van der Waals surface area contributed by atoms with Gasteiger partial charge in [0.15, 0.2) is 0 Å². The van der Waals surface area contributed by atoms with Gasteiger partial charge in [-0.25, -0.2) is 0 Å². The van der Waals surface area contributed by atoms with Crippen LogP contribution >= 0.6 is 11.6 Å². The summed E-state index contributed by atoms with van der Waals surface area (Å²) in [4.78, 5) is 24.6. The van der Waals surface area contributed by atoms with Crippen molar-refractivity contribution in [1.82, 2.24) is 4.90 Å². The SMILES string of the molecule is CC(C)N(CC(N)=O)C(=O)c1ccc(N)cc1Cl. The van der Waals surface area contributed by atoms with E-state index in [4.69, 9.17) is 23.1 Å². The lowest BCUT2D eigenvalue weighted by molar-refractivity contribution is -0.119. The van der Waals surface area contributed by atoms with Gasteiger partial charge in [-0.15, -0.1) is 0 Å². The molecule has 2 amide bonds. The minimum atomic E-state index is -0.566. The van der Waals surface area contributed by atoms with Crippen molar-refractivity contribution in [3.8, 4) is 0 Å². The maximum Gasteiger partial charge on any atom is 0.256 e. The fraction of sp³-hybridized carbons (Fsp3) is 0.333. The highest BCUT2D eigenvalue weighted by molar-refractivity contribution is 6.34. The second kappa shape index (κ2) is 5.73. The molecule has 18 heavy (non-hydrogen) atoms. The molecule has 0 aliphatic rings. The Hall–Kier alpha value is -1.75. The Labute approximate surface area is 111 Å². The lowest BCUT2D eigenvalue weighted by Crippen LogP contribution is -2.42. The molecule has 1 rings (SSSR count). The quantitative estimate of drug-likeness (QED) is 0.807. The number of amides is 2. The van der Waals surface area contributed by atoms with Gasteiger partial charge in [0.25, 0.3) is 5.91 Å². The first-order valence-electron chi connectivity index (χ1n) is 5.47. The van der Waals surface area contributed by atoms with Crippen molar-refractivity contribution in [2.45, 2.75) is 19.9 Å². The van der Waals surface area contributed by atoms with E-state index in [-0.39, 0.29) is 23.5 Å². The Morgan fingerprint density at radius 2 is 2.00 bits per heavy atom. The van der Waals surface area contributed by atoms with Crippen LogP contribution in [0.2, 0.25) is 5.02 Å². The van der Waals surface area contributed by atoms with Crippen LogP contribution in [0.1, 0.15) is 24.2 Å². The molecule has 5 nitrogen and oxygen atoms in total. The molecule has 98 valence electrons. The Bertz CT molecular complexity index is 474. The van der Waals surface area contributed by atoms with Gasteiger partial charge in [-0.05, 0) is 32.0 Å². The number of nitrogen functional groups attached to an aromatic ring is 1. The average Bonchev–Trinajstić information content (AvgIpc) is 2.24. The molecule has 0 spiro atoms. The minimum absolute atomic E-state index is 0.142. The molecule has 0 saturated carbocycles. The van der Waals surface area contributed by atoms with Gasteiger partial charge < -0.3 is 16.4 Å². The van der Waals surface area contributed by atoms with Crippen molar-refractivity contribution >= 4 is 29.1 Å². The number of hydrogen-bond acceptors (Lipinski definition) is 3. The summed E-state index contributed by atoms with van der Waals surface area (Å²) < 4.78 is 0. The van der Waals surface area contributed by atoms with E-state index < -0.39 is 5.91 Å². The van der Waals surface area contributed by atoms with Gasteiger partial charge in [-0.2, -0.15) is 0 Å². The van der Waals surface area contributed by atoms with Gasteiger partial charge in [-0.3, -0.25) is 9.59 Å². The highest BCUT2D eigenvalue weighted by atomic mass is 35.5. The van der Waals surface area contributed by atoms with Crippen LogP contribution in [0.3, 0.4) is 0 Å². The number of carbonyl (C=O) groups excluding carboxylic acids is 2. The molecule has 0 saturated heterocycles. The number of primary amides is 1. The van der Waals surface area contributed by atoms with Crippen LogP contribution in [0, 0.1) is 0 Å². The average molecular weight is 270 g/mol. The standard InChI is InChI=1S/C12H16ClN3O2/c1-7(2)16(6-11(15)17)12(18)9-4-3-8(14)5-10(9)13/h3-5,7H,6,14H2,1-2H3,(H2,15,17). The zero-order valence-corrected chi connectivity index (χ0v) is 11.1. The molecule has 0 unspecified atom stereocenters. The number of halogens is 1. The molecular formula is C12H16ClN3O2. The molecule has 0 radical (unpaired) electrons. The first-order valence-corrected chi connectivity index (χ1v) is 5.85. The van der Waals surface area contributed by atoms with E-state index in [0.29, 0.717) is 11.3 Å². The summed E-state index contributed by atoms with van der Waals surface area (Å²) in [5, 5.41) is 0.259. The van der Waals surface area contributed by atoms with Crippen molar-refractivity contribution in [2.75, 3.05) is 12.3 Å². The number of carbonyl (C=O) groups is 2. The highest BCUT2D eigenvalue weighted by Gasteiger charge is 2.22. The molecule has 1 aromatic carbocycles. The summed E-state index contributed by atoms with van der Waals surface area (Å²) in [6.45, 7) is 3.45. The third kappa shape index (κ3) is 3.37. The van der Waals surface area contributed by atoms with Crippen LogP contribution in [0.15, 0.2) is 18.2 Å². The van der Waals surface area contributed by atoms with Gasteiger partial charge in [0, 0.05) is 11.7 Å². The van der Waals surface area contributed by atoms with Crippen LogP contribution in [0.25, 0.3) is 0 Å². The van der Waals surface area contributed by atoms with Crippen molar-refractivity contribution in [3.05, 3.63) is 28.8 Å². The van der Waals surface area contributed by atoms with Crippen molar-refractivity contribution in [1.29, 1.82) is 0 Å². The van der Waals surface area contributed by atoms with Crippen molar-refractivity contribution < 1.29 is 9.59 Å². The summed E-state index contributed by atoms with van der Waals surface area (Å²) in [7, 11) is 0. The molecule has 0 atom stereocenters. The van der Waals surface area contributed by atoms with Gasteiger partial charge in [0.1, 0.15) is 0 Å². The monoisotopic (exact) mass is 269 g/mol. The molecule has 1 aromatic rings. The topological polar surface area (TPSA) is 89.4 Å². The molecule has 0 bridgehead atoms. The molecule has 0 aliphatic heterocycles. The van der Waals surface area contributed by atoms with E-state index in [1.165, 1.54) is 17.0 Å². The first-order chi connectivity index (χ1) is 8.32. The molecular weight excluding hydrogens is 254 g/mol. The summed E-state index contributed by atoms with van der Waals surface area (Å²) >= 11 is 5.97. The fourth-order valence-electron chi connectivity index (χ4n) is 1.52. The van der Waals surface area contributed by atoms with Gasteiger partial charge in [0.2, 0.25) is 5.91 Å². The largest absolute Gasteiger partial charge is 0.399 e. The van der Waals surface area contributed by atoms with E-state index in [1.807, 2.05) is 0 Å². The van der Waals surface area contributed by atoms with E-state index >= 15 is 0 Å². The maximum atomic E-state index is 12.2. The summed E-state index contributed by atoms with van der Waals surface area (Å²) in [5.74, 6) is -0.905. The predicted octanol–water partition coefficient (Wildman–Crippen LogP) is 1.26. The highest BCUT2D eigenvalue weighted by Crippen LogP contribution is 2.21. The van der Waals surface area contributed by atoms with Crippen LogP contribution in [-0.2, 0) is 4.79 Å². The van der Waals surface area contributed by atoms with Crippen LogP contribution < -0.4 is 11.5 Å². The van der Waals surface area contributed by atoms with Gasteiger partial charge in [0.05, 0.1) is 17.1 Å². The molecule has 0 aliphatic carbocycles. The maximum absolute atomic E-state index is 12.2. The Balaban J connectivity index is 3.05. The van der Waals surface area contributed by atoms with E-state index in [9.17, 15) is 9.59 Å². The molecule has 6 heteroatoms. The zero-order valence-electron chi connectivity index (χ0n) is 10.3. The van der Waals surface area contributed by atoms with Gasteiger partial charge in [-0.1, -0.05) is 11.6 Å². The minimum Gasteiger partial charge on any atom is -0.399 e. The van der Waals surface area contributed by atoms with E-state index in [0.717, 1.165) is 0 Å². The second-order valence-corrected chi connectivity index (χ2v) is 4.64. The zero-order chi connectivity index (χ0) is 13.9.